The zero-order valence-electron chi connectivity index (χ0n) is 15.5. The Morgan fingerprint density at radius 1 is 0.926 bits per heavy atom. The molecule has 9 heteroatoms. The lowest BCUT2D eigenvalue weighted by Crippen LogP contribution is -2.07. The van der Waals surface area contributed by atoms with Gasteiger partial charge >= 0.3 is 13.8 Å². The molecule has 0 fully saturated rings. The predicted octanol–water partition coefficient (Wildman–Crippen LogP) is 3.23. The van der Waals surface area contributed by atoms with Crippen molar-refractivity contribution in [3.63, 3.8) is 0 Å². The van der Waals surface area contributed by atoms with Gasteiger partial charge < -0.3 is 24.0 Å². The van der Waals surface area contributed by atoms with Gasteiger partial charge in [-0.05, 0) is 56.9 Å². The van der Waals surface area contributed by atoms with Gasteiger partial charge in [-0.1, -0.05) is 6.58 Å². The molecular formula is C18H27O8P. The molecule has 0 saturated carbocycles. The van der Waals surface area contributed by atoms with Crippen molar-refractivity contribution < 1.29 is 37.9 Å². The summed E-state index contributed by atoms with van der Waals surface area (Å²) in [4.78, 5) is 28.3. The molecule has 1 rings (SSSR count). The molecular weight excluding hydrogens is 375 g/mol. The van der Waals surface area contributed by atoms with Crippen LogP contribution in [0.3, 0.4) is 0 Å². The molecule has 27 heavy (non-hydrogen) atoms. The predicted molar refractivity (Wildman–Crippen MR) is 99.7 cm³/mol. The number of rotatable bonds is 14. The van der Waals surface area contributed by atoms with Gasteiger partial charge in [0, 0.05) is 5.57 Å². The van der Waals surface area contributed by atoms with Crippen LogP contribution in [0.1, 0.15) is 32.6 Å². The first-order valence-electron chi connectivity index (χ1n) is 8.66. The van der Waals surface area contributed by atoms with Crippen LogP contribution in [-0.2, 0) is 18.6 Å². The summed E-state index contributed by atoms with van der Waals surface area (Å²) in [5.41, 5.74) is 0.392. The fourth-order valence-electron chi connectivity index (χ4n) is 1.89. The molecule has 2 N–H and O–H groups in total. The standard InChI is InChI=1S/C18H27O8P/c1-15(2)18(19)25-13-4-3-11-23-16-7-9-17(10-8-16)24-12-5-6-14-26-27(20,21)22/h7-10H,1,3-6,11-14H2,2H3,(H2,20,21,22). The number of hydrogen-bond donors (Lipinski definition) is 2. The Bertz CT molecular complexity index is 623. The fraction of sp³-hybridized carbons (Fsp3) is 0.500. The van der Waals surface area contributed by atoms with Gasteiger partial charge in [0.1, 0.15) is 11.5 Å². The van der Waals surface area contributed by atoms with Gasteiger partial charge in [-0.25, -0.2) is 9.36 Å². The smallest absolute Gasteiger partial charge is 0.469 e. The van der Waals surface area contributed by atoms with Crippen molar-refractivity contribution in [3.8, 4) is 11.5 Å². The number of benzene rings is 1. The summed E-state index contributed by atoms with van der Waals surface area (Å²) in [6.07, 6.45) is 2.59. The SMILES string of the molecule is C=C(C)C(=O)OCCCCOc1ccc(OCCCCOP(=O)(O)O)cc1. The first kappa shape index (κ1) is 23.2. The molecule has 0 heterocycles. The second kappa shape index (κ2) is 12.5. The third kappa shape index (κ3) is 12.2. The second-order valence-electron chi connectivity index (χ2n) is 5.82. The first-order valence-corrected chi connectivity index (χ1v) is 10.2. The first-order chi connectivity index (χ1) is 12.8. The van der Waals surface area contributed by atoms with E-state index in [1.54, 1.807) is 31.2 Å². The summed E-state index contributed by atoms with van der Waals surface area (Å²) in [5, 5.41) is 0. The van der Waals surface area contributed by atoms with Crippen LogP contribution in [0.15, 0.2) is 36.4 Å². The minimum atomic E-state index is -4.38. The number of esters is 1. The highest BCUT2D eigenvalue weighted by Crippen LogP contribution is 2.35. The third-order valence-corrected chi connectivity index (χ3v) is 3.80. The Balaban J connectivity index is 2.09. The Kier molecular flexibility index (Phi) is 10.7. The number of phosphoric acid groups is 1. The molecule has 0 unspecified atom stereocenters. The van der Waals surface area contributed by atoms with Gasteiger partial charge in [0.2, 0.25) is 0 Å². The lowest BCUT2D eigenvalue weighted by Gasteiger charge is -2.09. The highest BCUT2D eigenvalue weighted by molar-refractivity contribution is 7.46. The van der Waals surface area contributed by atoms with Crippen molar-refractivity contribution in [1.29, 1.82) is 0 Å². The number of carbonyl (C=O) groups is 1. The summed E-state index contributed by atoms with van der Waals surface area (Å²) in [6.45, 7) is 6.41. The quantitative estimate of drug-likeness (QED) is 0.211. The normalized spacial score (nSPS) is 11.1. The second-order valence-corrected chi connectivity index (χ2v) is 7.06. The lowest BCUT2D eigenvalue weighted by molar-refractivity contribution is -0.139. The Labute approximate surface area is 159 Å². The minimum Gasteiger partial charge on any atom is -0.494 e. The van der Waals surface area contributed by atoms with Crippen molar-refractivity contribution in [1.82, 2.24) is 0 Å². The van der Waals surface area contributed by atoms with Crippen molar-refractivity contribution in [2.24, 2.45) is 0 Å². The highest BCUT2D eigenvalue weighted by Gasteiger charge is 2.12. The molecule has 0 radical (unpaired) electrons. The molecule has 0 aliphatic carbocycles. The third-order valence-electron chi connectivity index (χ3n) is 3.28. The zero-order chi connectivity index (χ0) is 20.1. The number of carbonyl (C=O) groups excluding carboxylic acids is 1. The largest absolute Gasteiger partial charge is 0.494 e. The summed E-state index contributed by atoms with van der Waals surface area (Å²) >= 11 is 0. The maximum atomic E-state index is 11.2. The highest BCUT2D eigenvalue weighted by atomic mass is 31.2. The molecule has 152 valence electrons. The van der Waals surface area contributed by atoms with Crippen LogP contribution in [0.25, 0.3) is 0 Å². The van der Waals surface area contributed by atoms with E-state index in [9.17, 15) is 9.36 Å². The molecule has 8 nitrogen and oxygen atoms in total. The number of unbranched alkanes of at least 4 members (excludes halogenated alkanes) is 2. The van der Waals surface area contributed by atoms with Crippen LogP contribution in [0.5, 0.6) is 11.5 Å². The number of hydrogen-bond acceptors (Lipinski definition) is 6. The van der Waals surface area contributed by atoms with Crippen LogP contribution < -0.4 is 9.47 Å². The topological polar surface area (TPSA) is 112 Å². The van der Waals surface area contributed by atoms with E-state index in [0.717, 1.165) is 12.2 Å². The summed E-state index contributed by atoms with van der Waals surface area (Å²) in [7, 11) is -4.38. The van der Waals surface area contributed by atoms with Gasteiger partial charge in [0.25, 0.3) is 0 Å². The molecule has 1 aromatic carbocycles. The zero-order valence-corrected chi connectivity index (χ0v) is 16.4. The van der Waals surface area contributed by atoms with Crippen LogP contribution in [0, 0.1) is 0 Å². The van der Waals surface area contributed by atoms with Gasteiger partial charge in [-0.2, -0.15) is 0 Å². The number of ether oxygens (including phenoxy) is 3. The summed E-state index contributed by atoms with van der Waals surface area (Å²) < 4.78 is 31.0. The monoisotopic (exact) mass is 402 g/mol. The Morgan fingerprint density at radius 3 is 1.81 bits per heavy atom. The molecule has 0 aliphatic heterocycles. The summed E-state index contributed by atoms with van der Waals surface area (Å²) in [6, 6.07) is 7.17. The van der Waals surface area contributed by atoms with Crippen molar-refractivity contribution in [2.75, 3.05) is 26.4 Å². The molecule has 0 amide bonds. The number of phosphoric ester groups is 1. The molecule has 0 aliphatic rings. The van der Waals surface area contributed by atoms with E-state index < -0.39 is 7.82 Å². The van der Waals surface area contributed by atoms with Crippen LogP contribution in [0.2, 0.25) is 0 Å². The average Bonchev–Trinajstić information content (AvgIpc) is 2.60. The van der Waals surface area contributed by atoms with E-state index in [2.05, 4.69) is 11.1 Å². The van der Waals surface area contributed by atoms with E-state index in [4.69, 9.17) is 24.0 Å². The maximum absolute atomic E-state index is 11.2. The molecule has 0 bridgehead atoms. The molecule has 1 aromatic rings. The van der Waals surface area contributed by atoms with E-state index in [1.165, 1.54) is 0 Å². The minimum absolute atomic E-state index is 0.00713. The fourth-order valence-corrected chi connectivity index (χ4v) is 2.26. The Morgan fingerprint density at radius 2 is 1.37 bits per heavy atom. The molecule has 0 saturated heterocycles. The van der Waals surface area contributed by atoms with Gasteiger partial charge in [0.05, 0.1) is 26.4 Å². The van der Waals surface area contributed by atoms with Gasteiger partial charge in [-0.3, -0.25) is 4.52 Å². The average molecular weight is 402 g/mol. The molecule has 0 spiro atoms. The molecule has 0 aromatic heterocycles. The Hall–Kier alpha value is -1.86. The van der Waals surface area contributed by atoms with E-state index in [-0.39, 0.29) is 12.6 Å². The van der Waals surface area contributed by atoms with Gasteiger partial charge in [0.15, 0.2) is 0 Å². The van der Waals surface area contributed by atoms with Crippen molar-refractivity contribution in [3.05, 3.63) is 36.4 Å². The van der Waals surface area contributed by atoms with E-state index >= 15 is 0 Å². The maximum Gasteiger partial charge on any atom is 0.469 e. The van der Waals surface area contributed by atoms with Gasteiger partial charge in [-0.15, -0.1) is 0 Å². The summed E-state index contributed by atoms with van der Waals surface area (Å²) in [5.74, 6) is 1.03. The van der Waals surface area contributed by atoms with E-state index in [0.29, 0.717) is 50.4 Å². The van der Waals surface area contributed by atoms with Crippen LogP contribution >= 0.6 is 7.82 Å². The van der Waals surface area contributed by atoms with Crippen molar-refractivity contribution in [2.45, 2.75) is 32.6 Å². The van der Waals surface area contributed by atoms with Crippen molar-refractivity contribution >= 4 is 13.8 Å². The van der Waals surface area contributed by atoms with E-state index in [1.807, 2.05) is 0 Å². The molecule has 0 atom stereocenters. The lowest BCUT2D eigenvalue weighted by atomic mass is 10.3. The van der Waals surface area contributed by atoms with Crippen LogP contribution in [0.4, 0.5) is 0 Å². The van der Waals surface area contributed by atoms with Crippen LogP contribution in [-0.4, -0.2) is 42.2 Å².